The lowest BCUT2D eigenvalue weighted by molar-refractivity contribution is -0.114. The Morgan fingerprint density at radius 2 is 1.72 bits per heavy atom. The van der Waals surface area contributed by atoms with Crippen molar-refractivity contribution < 1.29 is 19.1 Å². The summed E-state index contributed by atoms with van der Waals surface area (Å²) < 4.78 is 14.6. The smallest absolute Gasteiger partial charge is 0.356 e. The summed E-state index contributed by atoms with van der Waals surface area (Å²) in [6.45, 7) is 1.41. The number of hydrogen-bond donors (Lipinski definition) is 2. The van der Waals surface area contributed by atoms with Crippen LogP contribution in [-0.2, 0) is 4.79 Å². The number of hydrogen-bond acceptors (Lipinski definition) is 3. The molecule has 0 radical (unpaired) electrons. The molecule has 0 spiro atoms. The molecule has 2 aromatic carbocycles. The van der Waals surface area contributed by atoms with Crippen molar-refractivity contribution in [1.29, 1.82) is 0 Å². The number of nitrogens with one attached hydrogen (secondary N) is 1. The number of halogens is 1. The molecule has 0 saturated heterocycles. The molecule has 3 aromatic rings. The minimum atomic E-state index is -1.16. The van der Waals surface area contributed by atoms with Gasteiger partial charge in [-0.15, -0.1) is 0 Å². The van der Waals surface area contributed by atoms with Crippen molar-refractivity contribution in [3.63, 3.8) is 0 Å². The van der Waals surface area contributed by atoms with E-state index in [4.69, 9.17) is 0 Å². The highest BCUT2D eigenvalue weighted by atomic mass is 19.1. The number of carboxylic acid groups (broad SMARTS) is 1. The molecule has 2 N–H and O–H groups in total. The third kappa shape index (κ3) is 3.55. The Labute approximate surface area is 142 Å². The largest absolute Gasteiger partial charge is 0.476 e. The molecule has 1 aromatic heterocycles. The van der Waals surface area contributed by atoms with E-state index < -0.39 is 11.8 Å². The van der Waals surface area contributed by atoms with Crippen LogP contribution < -0.4 is 5.32 Å². The molecule has 7 heteroatoms. The average Bonchev–Trinajstić information content (AvgIpc) is 3.01. The number of carbonyl (C=O) groups excluding carboxylic acids is 1. The molecule has 1 amide bonds. The van der Waals surface area contributed by atoms with E-state index in [1.54, 1.807) is 24.3 Å². The summed E-state index contributed by atoms with van der Waals surface area (Å²) >= 11 is 0. The Kier molecular flexibility index (Phi) is 4.30. The summed E-state index contributed by atoms with van der Waals surface area (Å²) in [5, 5.41) is 16.0. The topological polar surface area (TPSA) is 84.2 Å². The van der Waals surface area contributed by atoms with Gasteiger partial charge in [0.15, 0.2) is 5.69 Å². The fourth-order valence-corrected chi connectivity index (χ4v) is 2.40. The van der Waals surface area contributed by atoms with Gasteiger partial charge in [0.25, 0.3) is 0 Å². The van der Waals surface area contributed by atoms with Gasteiger partial charge >= 0.3 is 5.97 Å². The minimum Gasteiger partial charge on any atom is -0.476 e. The predicted molar refractivity (Wildman–Crippen MR) is 90.2 cm³/mol. The summed E-state index contributed by atoms with van der Waals surface area (Å²) in [7, 11) is 0. The average molecular weight is 339 g/mol. The number of amides is 1. The highest BCUT2D eigenvalue weighted by Gasteiger charge is 2.16. The zero-order valence-corrected chi connectivity index (χ0v) is 13.2. The lowest BCUT2D eigenvalue weighted by Crippen LogP contribution is -2.05. The molecule has 0 bridgehead atoms. The van der Waals surface area contributed by atoms with Gasteiger partial charge in [-0.05, 0) is 42.5 Å². The normalized spacial score (nSPS) is 10.5. The number of aromatic nitrogens is 2. The first-order chi connectivity index (χ1) is 11.9. The number of nitrogens with zero attached hydrogens (tertiary/aromatic N) is 2. The van der Waals surface area contributed by atoms with Gasteiger partial charge in [-0.2, -0.15) is 5.10 Å². The zero-order chi connectivity index (χ0) is 18.0. The molecule has 0 aliphatic carbocycles. The molecule has 126 valence electrons. The Morgan fingerprint density at radius 1 is 1.08 bits per heavy atom. The van der Waals surface area contributed by atoms with Crippen LogP contribution in [0, 0.1) is 5.82 Å². The number of carbonyl (C=O) groups is 2. The zero-order valence-electron chi connectivity index (χ0n) is 13.2. The van der Waals surface area contributed by atoms with Gasteiger partial charge < -0.3 is 10.4 Å². The SMILES string of the molecule is CC(=O)Nc1ccc(-c2cc(C(=O)O)nn2-c2ccc(F)cc2)cc1. The summed E-state index contributed by atoms with van der Waals surface area (Å²) in [5.74, 6) is -1.73. The van der Waals surface area contributed by atoms with Crippen molar-refractivity contribution in [1.82, 2.24) is 9.78 Å². The van der Waals surface area contributed by atoms with E-state index in [-0.39, 0.29) is 11.6 Å². The third-order valence-electron chi connectivity index (χ3n) is 3.50. The van der Waals surface area contributed by atoms with Crippen LogP contribution in [0.4, 0.5) is 10.1 Å². The van der Waals surface area contributed by atoms with Crippen LogP contribution in [0.2, 0.25) is 0 Å². The van der Waals surface area contributed by atoms with E-state index in [9.17, 15) is 19.1 Å². The lowest BCUT2D eigenvalue weighted by atomic mass is 10.1. The highest BCUT2D eigenvalue weighted by Crippen LogP contribution is 2.25. The molecule has 0 aliphatic rings. The van der Waals surface area contributed by atoms with Crippen LogP contribution in [0.3, 0.4) is 0 Å². The minimum absolute atomic E-state index is 0.120. The van der Waals surface area contributed by atoms with Crippen LogP contribution in [0.25, 0.3) is 16.9 Å². The Bertz CT molecular complexity index is 931. The lowest BCUT2D eigenvalue weighted by Gasteiger charge is -2.08. The van der Waals surface area contributed by atoms with Crippen LogP contribution in [0.15, 0.2) is 54.6 Å². The number of aromatic carboxylic acids is 1. The molecular formula is C18H14FN3O3. The molecular weight excluding hydrogens is 325 g/mol. The van der Waals surface area contributed by atoms with E-state index >= 15 is 0 Å². The van der Waals surface area contributed by atoms with Crippen LogP contribution in [0.1, 0.15) is 17.4 Å². The number of benzene rings is 2. The second kappa shape index (κ2) is 6.56. The van der Waals surface area contributed by atoms with Gasteiger partial charge in [-0.25, -0.2) is 13.9 Å². The maximum Gasteiger partial charge on any atom is 0.356 e. The summed E-state index contributed by atoms with van der Waals surface area (Å²) in [6, 6.07) is 13.9. The van der Waals surface area contributed by atoms with Gasteiger partial charge in [0.05, 0.1) is 11.4 Å². The molecule has 1 heterocycles. The fourth-order valence-electron chi connectivity index (χ4n) is 2.40. The monoisotopic (exact) mass is 339 g/mol. The van der Waals surface area contributed by atoms with Crippen molar-refractivity contribution in [2.24, 2.45) is 0 Å². The Hall–Kier alpha value is -3.48. The second-order valence-electron chi connectivity index (χ2n) is 5.37. The van der Waals surface area contributed by atoms with Crippen molar-refractivity contribution in [2.45, 2.75) is 6.92 Å². The van der Waals surface area contributed by atoms with Crippen molar-refractivity contribution in [3.05, 3.63) is 66.1 Å². The molecule has 0 unspecified atom stereocenters. The summed E-state index contributed by atoms with van der Waals surface area (Å²) in [4.78, 5) is 22.4. The van der Waals surface area contributed by atoms with Gasteiger partial charge in [0, 0.05) is 18.2 Å². The highest BCUT2D eigenvalue weighted by molar-refractivity contribution is 5.89. The van der Waals surface area contributed by atoms with Crippen LogP contribution in [0.5, 0.6) is 0 Å². The standard InChI is InChI=1S/C18H14FN3O3/c1-11(23)20-14-6-2-12(3-7-14)17-10-16(18(24)25)21-22(17)15-8-4-13(19)5-9-15/h2-10H,1H3,(H,20,23)(H,24,25). The molecule has 25 heavy (non-hydrogen) atoms. The van der Waals surface area contributed by atoms with E-state index in [2.05, 4.69) is 10.4 Å². The number of carboxylic acids is 1. The number of anilines is 1. The second-order valence-corrected chi connectivity index (χ2v) is 5.37. The molecule has 3 rings (SSSR count). The van der Waals surface area contributed by atoms with E-state index in [1.165, 1.54) is 41.9 Å². The predicted octanol–water partition coefficient (Wildman–Crippen LogP) is 3.34. The van der Waals surface area contributed by atoms with E-state index in [1.807, 2.05) is 0 Å². The van der Waals surface area contributed by atoms with Gasteiger partial charge in [0.1, 0.15) is 5.82 Å². The number of rotatable bonds is 4. The Morgan fingerprint density at radius 3 is 2.28 bits per heavy atom. The van der Waals surface area contributed by atoms with Crippen molar-refractivity contribution >= 4 is 17.6 Å². The maximum atomic E-state index is 13.1. The van der Waals surface area contributed by atoms with Crippen molar-refractivity contribution in [3.8, 4) is 16.9 Å². The van der Waals surface area contributed by atoms with Gasteiger partial charge in [-0.3, -0.25) is 4.79 Å². The summed E-state index contributed by atoms with van der Waals surface area (Å²) in [5.41, 5.74) is 2.29. The molecule has 6 nitrogen and oxygen atoms in total. The van der Waals surface area contributed by atoms with Gasteiger partial charge in [-0.1, -0.05) is 12.1 Å². The first kappa shape index (κ1) is 16.4. The fraction of sp³-hybridized carbons (Fsp3) is 0.0556. The summed E-state index contributed by atoms with van der Waals surface area (Å²) in [6.07, 6.45) is 0. The van der Waals surface area contributed by atoms with E-state index in [0.717, 1.165) is 0 Å². The Balaban J connectivity index is 2.06. The maximum absolute atomic E-state index is 13.1. The third-order valence-corrected chi connectivity index (χ3v) is 3.50. The van der Waals surface area contributed by atoms with E-state index in [0.29, 0.717) is 22.6 Å². The van der Waals surface area contributed by atoms with Gasteiger partial charge in [0.2, 0.25) is 5.91 Å². The molecule has 0 saturated carbocycles. The molecule has 0 fully saturated rings. The quantitative estimate of drug-likeness (QED) is 0.763. The first-order valence-corrected chi connectivity index (χ1v) is 7.41. The van der Waals surface area contributed by atoms with Crippen molar-refractivity contribution in [2.75, 3.05) is 5.32 Å². The first-order valence-electron chi connectivity index (χ1n) is 7.41. The van der Waals surface area contributed by atoms with Crippen LogP contribution in [-0.4, -0.2) is 26.8 Å². The molecule has 0 atom stereocenters. The molecule has 0 aliphatic heterocycles. The van der Waals surface area contributed by atoms with Crippen LogP contribution >= 0.6 is 0 Å².